The van der Waals surface area contributed by atoms with Crippen LogP contribution in [0.25, 0.3) is 4.96 Å². The number of benzene rings is 1. The fourth-order valence-corrected chi connectivity index (χ4v) is 4.39. The molecule has 0 spiro atoms. The lowest BCUT2D eigenvalue weighted by molar-refractivity contribution is 0.577. The fraction of sp³-hybridized carbons (Fsp3) is 0.267. The largest absolute Gasteiger partial charge is 0.295 e. The maximum Gasteiger partial charge on any atom is 0.295 e. The number of fused-ring (bicyclic) bond motifs is 1. The summed E-state index contributed by atoms with van der Waals surface area (Å²) in [5.74, 6) is 0. The predicted octanol–water partition coefficient (Wildman–Crippen LogP) is 1.50. The van der Waals surface area contributed by atoms with Crippen LogP contribution >= 0.6 is 11.3 Å². The summed E-state index contributed by atoms with van der Waals surface area (Å²) in [6.07, 6.45) is 0.654. The molecule has 0 bridgehead atoms. The van der Waals surface area contributed by atoms with Crippen molar-refractivity contribution in [1.29, 1.82) is 0 Å². The van der Waals surface area contributed by atoms with E-state index in [2.05, 4.69) is 14.8 Å². The number of nitrogens with one attached hydrogen (secondary N) is 1. The summed E-state index contributed by atoms with van der Waals surface area (Å²) in [6.45, 7) is 3.53. The molecule has 0 saturated carbocycles. The minimum atomic E-state index is -3.99. The third-order valence-electron chi connectivity index (χ3n) is 3.46. The fourth-order valence-electron chi connectivity index (χ4n) is 2.27. The molecule has 0 unspecified atom stereocenters. The van der Waals surface area contributed by atoms with E-state index < -0.39 is 15.6 Å². The molecule has 0 radical (unpaired) electrons. The first-order chi connectivity index (χ1) is 11.4. The molecule has 7 nitrogen and oxygen atoms in total. The first-order valence-corrected chi connectivity index (χ1v) is 9.65. The van der Waals surface area contributed by atoms with Gasteiger partial charge >= 0.3 is 0 Å². The van der Waals surface area contributed by atoms with Crippen molar-refractivity contribution in [2.75, 3.05) is 0 Å². The normalized spacial score (nSPS) is 11.9. The SMILES string of the molecule is CCc1nn2c(=O)c(S(=O)(=O)NCc3ccccc3)c(C)nc2s1. The maximum atomic E-state index is 12.6. The summed E-state index contributed by atoms with van der Waals surface area (Å²) >= 11 is 1.28. The Hall–Kier alpha value is -2.10. The summed E-state index contributed by atoms with van der Waals surface area (Å²) in [4.78, 5) is 16.9. The van der Waals surface area contributed by atoms with Gasteiger partial charge in [0.15, 0.2) is 4.90 Å². The molecule has 0 amide bonds. The Labute approximate surface area is 143 Å². The molecule has 0 aliphatic heterocycles. The molecule has 3 aromatic rings. The Morgan fingerprint density at radius 3 is 2.62 bits per heavy atom. The van der Waals surface area contributed by atoms with E-state index in [1.54, 1.807) is 12.1 Å². The lowest BCUT2D eigenvalue weighted by Crippen LogP contribution is -2.32. The Morgan fingerprint density at radius 2 is 1.96 bits per heavy atom. The van der Waals surface area contributed by atoms with Crippen molar-refractivity contribution in [3.8, 4) is 0 Å². The Bertz CT molecular complexity index is 1040. The lowest BCUT2D eigenvalue weighted by Gasteiger charge is -2.08. The van der Waals surface area contributed by atoms with E-state index in [1.807, 2.05) is 25.1 Å². The first kappa shape index (κ1) is 16.7. The first-order valence-electron chi connectivity index (χ1n) is 7.35. The summed E-state index contributed by atoms with van der Waals surface area (Å²) in [6, 6.07) is 9.09. The molecule has 0 fully saturated rings. The molecule has 1 aromatic carbocycles. The number of hydrogen-bond donors (Lipinski definition) is 1. The van der Waals surface area contributed by atoms with Crippen LogP contribution in [0.1, 0.15) is 23.2 Å². The number of hydrogen-bond acceptors (Lipinski definition) is 6. The van der Waals surface area contributed by atoms with Crippen molar-refractivity contribution in [3.05, 3.63) is 57.0 Å². The highest BCUT2D eigenvalue weighted by Gasteiger charge is 2.25. The summed E-state index contributed by atoms with van der Waals surface area (Å²) in [7, 11) is -3.99. The van der Waals surface area contributed by atoms with Gasteiger partial charge in [0.2, 0.25) is 15.0 Å². The van der Waals surface area contributed by atoms with Gasteiger partial charge in [0, 0.05) is 6.54 Å². The third-order valence-corrected chi connectivity index (χ3v) is 6.05. The van der Waals surface area contributed by atoms with Gasteiger partial charge in [0.1, 0.15) is 5.01 Å². The van der Waals surface area contributed by atoms with Crippen LogP contribution in [-0.2, 0) is 23.0 Å². The summed E-state index contributed by atoms with van der Waals surface area (Å²) < 4.78 is 28.7. The van der Waals surface area contributed by atoms with Crippen LogP contribution < -0.4 is 10.3 Å². The number of aromatic nitrogens is 3. The third kappa shape index (κ3) is 3.10. The number of rotatable bonds is 5. The van der Waals surface area contributed by atoms with Gasteiger partial charge in [-0.2, -0.15) is 9.61 Å². The molecule has 0 atom stereocenters. The van der Waals surface area contributed by atoms with E-state index in [4.69, 9.17) is 0 Å². The van der Waals surface area contributed by atoms with Crippen molar-refractivity contribution in [1.82, 2.24) is 19.3 Å². The van der Waals surface area contributed by atoms with Gasteiger partial charge in [-0.15, -0.1) is 0 Å². The Balaban J connectivity index is 2.02. The number of aryl methyl sites for hydroxylation is 2. The molecule has 2 heterocycles. The average molecular weight is 364 g/mol. The summed E-state index contributed by atoms with van der Waals surface area (Å²) in [5.41, 5.74) is 0.302. The summed E-state index contributed by atoms with van der Waals surface area (Å²) in [5, 5.41) is 4.86. The molecule has 126 valence electrons. The molecule has 1 N–H and O–H groups in total. The molecule has 0 aliphatic rings. The molecule has 2 aromatic heterocycles. The smallest absolute Gasteiger partial charge is 0.266 e. The van der Waals surface area contributed by atoms with E-state index in [1.165, 1.54) is 18.3 Å². The van der Waals surface area contributed by atoms with Gasteiger partial charge in [-0.05, 0) is 18.9 Å². The van der Waals surface area contributed by atoms with Crippen LogP contribution in [0.2, 0.25) is 0 Å². The topological polar surface area (TPSA) is 93.4 Å². The van der Waals surface area contributed by atoms with E-state index in [9.17, 15) is 13.2 Å². The number of sulfonamides is 1. The second-order valence-electron chi connectivity index (χ2n) is 5.19. The lowest BCUT2D eigenvalue weighted by atomic mass is 10.2. The second kappa shape index (κ2) is 6.42. The van der Waals surface area contributed by atoms with Crippen LogP contribution in [0.3, 0.4) is 0 Å². The average Bonchev–Trinajstić information content (AvgIpc) is 2.97. The monoisotopic (exact) mass is 364 g/mol. The van der Waals surface area contributed by atoms with Crippen molar-refractivity contribution in [3.63, 3.8) is 0 Å². The molecular weight excluding hydrogens is 348 g/mol. The van der Waals surface area contributed by atoms with Crippen molar-refractivity contribution in [2.45, 2.75) is 31.7 Å². The van der Waals surface area contributed by atoms with Gasteiger partial charge in [-0.1, -0.05) is 48.6 Å². The van der Waals surface area contributed by atoms with Gasteiger partial charge in [0.05, 0.1) is 5.69 Å². The zero-order chi connectivity index (χ0) is 17.3. The quantitative estimate of drug-likeness (QED) is 0.740. The molecular formula is C15H16N4O3S2. The minimum absolute atomic E-state index is 0.0992. The molecule has 24 heavy (non-hydrogen) atoms. The maximum absolute atomic E-state index is 12.6. The Kier molecular flexibility index (Phi) is 4.48. The predicted molar refractivity (Wildman–Crippen MR) is 91.7 cm³/mol. The van der Waals surface area contributed by atoms with Crippen molar-refractivity contribution in [2.24, 2.45) is 0 Å². The van der Waals surface area contributed by atoms with Crippen LogP contribution in [0, 0.1) is 6.92 Å². The van der Waals surface area contributed by atoms with Gasteiger partial charge < -0.3 is 0 Å². The zero-order valence-electron chi connectivity index (χ0n) is 13.2. The number of nitrogens with zero attached hydrogens (tertiary/aromatic N) is 3. The minimum Gasteiger partial charge on any atom is -0.266 e. The van der Waals surface area contributed by atoms with Gasteiger partial charge in [0.25, 0.3) is 5.56 Å². The van der Waals surface area contributed by atoms with Crippen LogP contribution in [-0.4, -0.2) is 23.0 Å². The van der Waals surface area contributed by atoms with Crippen LogP contribution in [0.15, 0.2) is 40.0 Å². The standard InChI is InChI=1S/C15H16N4O3S2/c1-3-12-18-19-14(20)13(10(2)17-15(19)23-12)24(21,22)16-9-11-7-5-4-6-8-11/h4-8,16H,3,9H2,1-2H3. The van der Waals surface area contributed by atoms with E-state index in [-0.39, 0.29) is 17.1 Å². The van der Waals surface area contributed by atoms with Crippen LogP contribution in [0.5, 0.6) is 0 Å². The molecule has 0 aliphatic carbocycles. The Morgan fingerprint density at radius 1 is 1.25 bits per heavy atom. The highest BCUT2D eigenvalue weighted by atomic mass is 32.2. The molecule has 3 rings (SSSR count). The second-order valence-corrected chi connectivity index (χ2v) is 7.93. The van der Waals surface area contributed by atoms with E-state index in [0.29, 0.717) is 11.4 Å². The van der Waals surface area contributed by atoms with Gasteiger partial charge in [-0.3, -0.25) is 4.79 Å². The van der Waals surface area contributed by atoms with Crippen LogP contribution in [0.4, 0.5) is 0 Å². The van der Waals surface area contributed by atoms with Crippen molar-refractivity contribution < 1.29 is 8.42 Å². The van der Waals surface area contributed by atoms with Gasteiger partial charge in [-0.25, -0.2) is 18.1 Å². The van der Waals surface area contributed by atoms with Crippen molar-refractivity contribution >= 4 is 26.3 Å². The van der Waals surface area contributed by atoms with E-state index in [0.717, 1.165) is 15.1 Å². The van der Waals surface area contributed by atoms with E-state index >= 15 is 0 Å². The highest BCUT2D eigenvalue weighted by molar-refractivity contribution is 7.89. The highest BCUT2D eigenvalue weighted by Crippen LogP contribution is 2.15. The molecule has 9 heteroatoms. The molecule has 0 saturated heterocycles. The zero-order valence-corrected chi connectivity index (χ0v) is 14.8.